The summed E-state index contributed by atoms with van der Waals surface area (Å²) < 4.78 is 0. The first kappa shape index (κ1) is 19.6. The fourth-order valence-electron chi connectivity index (χ4n) is 4.71. The van der Waals surface area contributed by atoms with Gasteiger partial charge in [-0.15, -0.1) is 0 Å². The highest BCUT2D eigenvalue weighted by Crippen LogP contribution is 2.34. The Bertz CT molecular complexity index is 1010. The van der Waals surface area contributed by atoms with E-state index in [2.05, 4.69) is 25.5 Å². The van der Waals surface area contributed by atoms with Crippen molar-refractivity contribution in [3.8, 4) is 11.4 Å². The Morgan fingerprint density at radius 1 is 1.10 bits per heavy atom. The van der Waals surface area contributed by atoms with Crippen LogP contribution in [-0.4, -0.2) is 45.5 Å². The molecule has 1 amide bonds. The molecule has 2 aromatic heterocycles. The molecule has 2 fully saturated rings. The molecular weight excluding hydrogens is 388 g/mol. The molecule has 0 bridgehead atoms. The predicted octanol–water partition coefficient (Wildman–Crippen LogP) is 3.59. The summed E-state index contributed by atoms with van der Waals surface area (Å²) in [5.74, 6) is 0.823. The molecule has 7 heteroatoms. The van der Waals surface area contributed by atoms with Crippen LogP contribution in [0.15, 0.2) is 60.9 Å². The predicted molar refractivity (Wildman–Crippen MR) is 122 cm³/mol. The second-order valence-electron chi connectivity index (χ2n) is 8.51. The van der Waals surface area contributed by atoms with Crippen LogP contribution >= 0.6 is 0 Å². The summed E-state index contributed by atoms with van der Waals surface area (Å²) in [6.45, 7) is 1.56. The molecule has 0 radical (unpaired) electrons. The van der Waals surface area contributed by atoms with Crippen molar-refractivity contribution in [2.24, 2.45) is 0 Å². The number of rotatable bonds is 6. The fraction of sp³-hybridized carbons (Fsp3) is 0.375. The summed E-state index contributed by atoms with van der Waals surface area (Å²) in [4.78, 5) is 27.9. The van der Waals surface area contributed by atoms with Crippen LogP contribution in [0.5, 0.6) is 0 Å². The Hall–Kier alpha value is -3.35. The Morgan fingerprint density at radius 2 is 1.94 bits per heavy atom. The second kappa shape index (κ2) is 8.41. The first-order valence-electron chi connectivity index (χ1n) is 11.1. The molecule has 3 heterocycles. The summed E-state index contributed by atoms with van der Waals surface area (Å²) >= 11 is 0. The number of hydrogen-bond acceptors (Lipinski definition) is 5. The number of hydrogen-bond donors (Lipinski definition) is 3. The number of carbonyl (C=O) groups is 1. The molecule has 7 nitrogen and oxygen atoms in total. The molecule has 31 heavy (non-hydrogen) atoms. The van der Waals surface area contributed by atoms with Gasteiger partial charge in [0.1, 0.15) is 5.54 Å². The summed E-state index contributed by atoms with van der Waals surface area (Å²) in [7, 11) is 0. The van der Waals surface area contributed by atoms with Crippen molar-refractivity contribution < 1.29 is 4.79 Å². The van der Waals surface area contributed by atoms with Gasteiger partial charge in [-0.05, 0) is 49.6 Å². The second-order valence-corrected chi connectivity index (χ2v) is 8.51. The number of amides is 1. The lowest BCUT2D eigenvalue weighted by Crippen LogP contribution is -2.53. The number of H-pyrrole nitrogens is 1. The highest BCUT2D eigenvalue weighted by Gasteiger charge is 2.42. The van der Waals surface area contributed by atoms with E-state index in [9.17, 15) is 4.79 Å². The maximum absolute atomic E-state index is 13.4. The molecule has 1 unspecified atom stereocenters. The molecule has 3 aromatic rings. The van der Waals surface area contributed by atoms with Crippen molar-refractivity contribution in [1.29, 1.82) is 0 Å². The summed E-state index contributed by atoms with van der Waals surface area (Å²) in [5.41, 5.74) is 2.34. The van der Waals surface area contributed by atoms with Crippen LogP contribution in [0.1, 0.15) is 32.1 Å². The van der Waals surface area contributed by atoms with Crippen molar-refractivity contribution in [2.45, 2.75) is 43.7 Å². The van der Waals surface area contributed by atoms with E-state index < -0.39 is 5.54 Å². The van der Waals surface area contributed by atoms with E-state index in [4.69, 9.17) is 4.98 Å². The van der Waals surface area contributed by atoms with Crippen LogP contribution in [0.3, 0.4) is 0 Å². The third-order valence-electron chi connectivity index (χ3n) is 6.37. The third kappa shape index (κ3) is 4.13. The van der Waals surface area contributed by atoms with E-state index >= 15 is 0 Å². The lowest BCUT2D eigenvalue weighted by molar-refractivity contribution is -0.125. The van der Waals surface area contributed by atoms with E-state index in [1.165, 1.54) is 0 Å². The van der Waals surface area contributed by atoms with Gasteiger partial charge in [0.15, 0.2) is 0 Å². The van der Waals surface area contributed by atoms with Gasteiger partial charge in [-0.3, -0.25) is 4.79 Å². The molecule has 1 atom stereocenters. The van der Waals surface area contributed by atoms with Gasteiger partial charge in [0.25, 0.3) is 0 Å². The molecule has 3 N–H and O–H groups in total. The smallest absolute Gasteiger partial charge is 0.245 e. The van der Waals surface area contributed by atoms with Gasteiger partial charge in [-0.1, -0.05) is 31.0 Å². The summed E-state index contributed by atoms with van der Waals surface area (Å²) in [6.07, 6.45) is 8.45. The number of para-hydroxylation sites is 1. The van der Waals surface area contributed by atoms with Crippen molar-refractivity contribution in [2.75, 3.05) is 23.3 Å². The van der Waals surface area contributed by atoms with E-state index in [-0.39, 0.29) is 11.9 Å². The van der Waals surface area contributed by atoms with Crippen molar-refractivity contribution >= 4 is 17.5 Å². The van der Waals surface area contributed by atoms with Crippen LogP contribution in [0, 0.1) is 0 Å². The molecule has 1 aliphatic carbocycles. The normalized spacial score (nSPS) is 20.0. The maximum Gasteiger partial charge on any atom is 0.245 e. The number of benzene rings is 1. The van der Waals surface area contributed by atoms with Crippen LogP contribution < -0.4 is 15.5 Å². The molecule has 0 spiro atoms. The van der Waals surface area contributed by atoms with Gasteiger partial charge < -0.3 is 20.5 Å². The molecular formula is C24H28N6O. The summed E-state index contributed by atoms with van der Waals surface area (Å²) in [5, 5.41) is 6.86. The van der Waals surface area contributed by atoms with Gasteiger partial charge >= 0.3 is 0 Å². The number of carbonyl (C=O) groups excluding carboxylic acids is 1. The Balaban J connectivity index is 1.25. The molecule has 5 rings (SSSR count). The lowest BCUT2D eigenvalue weighted by atomic mass is 9.95. The quantitative estimate of drug-likeness (QED) is 0.572. The van der Waals surface area contributed by atoms with Crippen LogP contribution in [0.2, 0.25) is 0 Å². The molecule has 2 aliphatic rings. The zero-order valence-electron chi connectivity index (χ0n) is 17.6. The molecule has 1 saturated carbocycles. The average Bonchev–Trinajstić information content (AvgIpc) is 3.57. The molecule has 1 saturated heterocycles. The van der Waals surface area contributed by atoms with E-state index in [0.717, 1.165) is 62.3 Å². The third-order valence-corrected chi connectivity index (χ3v) is 6.37. The van der Waals surface area contributed by atoms with Gasteiger partial charge in [0.2, 0.25) is 11.9 Å². The number of nitrogens with zero attached hydrogens (tertiary/aromatic N) is 3. The van der Waals surface area contributed by atoms with Crippen molar-refractivity contribution in [3.63, 3.8) is 0 Å². The number of nitrogens with one attached hydrogen (secondary N) is 3. The Labute approximate surface area is 182 Å². The Morgan fingerprint density at radius 3 is 2.71 bits per heavy atom. The minimum atomic E-state index is -0.515. The highest BCUT2D eigenvalue weighted by atomic mass is 16.2. The number of aromatic nitrogens is 3. The lowest BCUT2D eigenvalue weighted by Gasteiger charge is -2.31. The van der Waals surface area contributed by atoms with Gasteiger partial charge in [0, 0.05) is 37.2 Å². The number of anilines is 2. The largest absolute Gasteiger partial charge is 0.371 e. The van der Waals surface area contributed by atoms with Crippen molar-refractivity contribution in [3.05, 3.63) is 60.9 Å². The minimum absolute atomic E-state index is 0.0975. The highest BCUT2D eigenvalue weighted by molar-refractivity contribution is 5.90. The molecule has 1 aliphatic heterocycles. The average molecular weight is 417 g/mol. The van der Waals surface area contributed by atoms with Crippen molar-refractivity contribution in [1.82, 2.24) is 20.3 Å². The summed E-state index contributed by atoms with van der Waals surface area (Å²) in [6, 6.07) is 16.0. The first-order valence-corrected chi connectivity index (χ1v) is 11.1. The zero-order valence-corrected chi connectivity index (χ0v) is 17.6. The van der Waals surface area contributed by atoms with Crippen LogP contribution in [0.4, 0.5) is 11.6 Å². The van der Waals surface area contributed by atoms with E-state index in [1.54, 1.807) is 6.20 Å². The van der Waals surface area contributed by atoms with Crippen LogP contribution in [0.25, 0.3) is 11.4 Å². The first-order chi connectivity index (χ1) is 15.2. The standard InChI is InChI=1S/C24H28N6O/c31-22(24(12-4-5-13-24)29-18-7-2-1-3-8-18)27-19-11-16-30(17-19)23-26-15-10-21(28-23)20-9-6-14-25-20/h1-3,6-10,14-15,19,25,29H,4-5,11-13,16-17H2,(H,27,31). The SMILES string of the molecule is O=C(NC1CCN(c2nccc(-c3ccc[nH]3)n2)C1)C1(Nc2ccccc2)CCCC1. The molecule has 160 valence electrons. The van der Waals surface area contributed by atoms with E-state index in [1.807, 2.05) is 54.7 Å². The van der Waals surface area contributed by atoms with Gasteiger partial charge in [-0.2, -0.15) is 0 Å². The fourth-order valence-corrected chi connectivity index (χ4v) is 4.71. The zero-order chi connectivity index (χ0) is 21.1. The van der Waals surface area contributed by atoms with Gasteiger partial charge in [0.05, 0.1) is 11.4 Å². The minimum Gasteiger partial charge on any atom is -0.371 e. The van der Waals surface area contributed by atoms with Crippen LogP contribution in [-0.2, 0) is 4.79 Å². The molecule has 1 aromatic carbocycles. The topological polar surface area (TPSA) is 85.9 Å². The maximum atomic E-state index is 13.4. The van der Waals surface area contributed by atoms with Gasteiger partial charge in [-0.25, -0.2) is 9.97 Å². The van der Waals surface area contributed by atoms with E-state index in [0.29, 0.717) is 5.95 Å². The monoisotopic (exact) mass is 416 g/mol. The number of aromatic amines is 1. The Kier molecular flexibility index (Phi) is 5.32.